The zero-order valence-electron chi connectivity index (χ0n) is 12.7. The number of carbonyl (C=O) groups excluding carboxylic acids is 2. The van der Waals surface area contributed by atoms with Crippen LogP contribution >= 0.6 is 11.3 Å². The van der Waals surface area contributed by atoms with E-state index in [0.717, 1.165) is 9.78 Å². The minimum absolute atomic E-state index is 0.0375. The minimum atomic E-state index is -1.21. The van der Waals surface area contributed by atoms with Gasteiger partial charge in [0.25, 0.3) is 5.91 Å². The lowest BCUT2D eigenvalue weighted by molar-refractivity contribution is -0.132. The maximum atomic E-state index is 12.7. The average Bonchev–Trinajstić information content (AvgIpc) is 3.34. The van der Waals surface area contributed by atoms with E-state index in [1.165, 1.54) is 17.6 Å². The fourth-order valence-corrected chi connectivity index (χ4v) is 3.33. The summed E-state index contributed by atoms with van der Waals surface area (Å²) < 4.78 is 10.6. The van der Waals surface area contributed by atoms with E-state index in [0.29, 0.717) is 17.2 Å². The second-order valence-electron chi connectivity index (χ2n) is 5.58. The van der Waals surface area contributed by atoms with Crippen LogP contribution in [0.25, 0.3) is 10.6 Å². The van der Waals surface area contributed by atoms with Crippen molar-refractivity contribution in [3.05, 3.63) is 53.4 Å². The van der Waals surface area contributed by atoms with Gasteiger partial charge < -0.3 is 14.3 Å². The van der Waals surface area contributed by atoms with Crippen LogP contribution in [0.15, 0.2) is 50.9 Å². The Hall–Kier alpha value is -2.87. The molecule has 1 saturated heterocycles. The van der Waals surface area contributed by atoms with Gasteiger partial charge in [-0.05, 0) is 30.5 Å². The molecule has 1 aliphatic rings. The van der Waals surface area contributed by atoms with Crippen molar-refractivity contribution in [3.63, 3.8) is 0 Å². The highest BCUT2D eigenvalue weighted by atomic mass is 32.1. The van der Waals surface area contributed by atoms with Crippen LogP contribution in [0, 0.1) is 0 Å². The van der Waals surface area contributed by atoms with Crippen molar-refractivity contribution in [1.29, 1.82) is 0 Å². The van der Waals surface area contributed by atoms with E-state index < -0.39 is 11.6 Å². The van der Waals surface area contributed by atoms with Crippen LogP contribution in [0.5, 0.6) is 0 Å². The molecule has 0 aromatic carbocycles. The molecule has 0 radical (unpaired) electrons. The number of carbonyl (C=O) groups is 2. The Morgan fingerprint density at radius 1 is 1.33 bits per heavy atom. The highest BCUT2D eigenvalue weighted by Gasteiger charge is 2.51. The van der Waals surface area contributed by atoms with Gasteiger partial charge in [-0.3, -0.25) is 9.69 Å². The van der Waals surface area contributed by atoms with Crippen LogP contribution in [-0.2, 0) is 16.9 Å². The number of nitrogens with zero attached hydrogens (tertiary/aromatic N) is 2. The van der Waals surface area contributed by atoms with E-state index in [1.54, 1.807) is 25.1 Å². The smallest absolute Gasteiger partial charge is 0.325 e. The Kier molecular flexibility index (Phi) is 3.27. The van der Waals surface area contributed by atoms with E-state index >= 15 is 0 Å². The van der Waals surface area contributed by atoms with Crippen molar-refractivity contribution in [2.24, 2.45) is 0 Å². The predicted molar refractivity (Wildman–Crippen MR) is 85.0 cm³/mol. The summed E-state index contributed by atoms with van der Waals surface area (Å²) in [4.78, 5) is 27.0. The van der Waals surface area contributed by atoms with Gasteiger partial charge in [0, 0.05) is 6.07 Å². The normalized spacial score (nSPS) is 20.6. The Bertz CT molecular complexity index is 884. The summed E-state index contributed by atoms with van der Waals surface area (Å²) in [5.41, 5.74) is -0.702. The van der Waals surface area contributed by atoms with Crippen LogP contribution in [0.1, 0.15) is 18.4 Å². The third-order valence-corrected chi connectivity index (χ3v) is 4.82. The molecule has 1 fully saturated rings. The van der Waals surface area contributed by atoms with Gasteiger partial charge in [0.1, 0.15) is 11.5 Å². The van der Waals surface area contributed by atoms with Crippen LogP contribution in [-0.4, -0.2) is 22.0 Å². The third kappa shape index (κ3) is 2.23. The Morgan fingerprint density at radius 3 is 2.92 bits per heavy atom. The zero-order chi connectivity index (χ0) is 16.7. The highest BCUT2D eigenvalue weighted by Crippen LogP contribution is 2.31. The maximum absolute atomic E-state index is 12.7. The lowest BCUT2D eigenvalue weighted by Gasteiger charge is -2.18. The first-order valence-electron chi connectivity index (χ1n) is 7.25. The molecule has 3 amide bonds. The van der Waals surface area contributed by atoms with E-state index in [2.05, 4.69) is 10.5 Å². The molecule has 3 aromatic heterocycles. The second-order valence-corrected chi connectivity index (χ2v) is 6.53. The van der Waals surface area contributed by atoms with Crippen molar-refractivity contribution < 1.29 is 18.5 Å². The quantitative estimate of drug-likeness (QED) is 0.736. The molecule has 3 aromatic rings. The van der Waals surface area contributed by atoms with Crippen molar-refractivity contribution in [1.82, 2.24) is 15.4 Å². The standard InChI is InChI=1S/C16H13N3O4S/c1-16(13-5-2-6-22-13)14(20)19(15(21)17-16)9-10-8-11(23-18-10)12-4-3-7-24-12/h2-8H,9H2,1H3,(H,17,21). The molecule has 1 unspecified atom stereocenters. The molecule has 1 N–H and O–H groups in total. The molecular weight excluding hydrogens is 330 g/mol. The molecule has 0 bridgehead atoms. The van der Waals surface area contributed by atoms with Crippen LogP contribution in [0.2, 0.25) is 0 Å². The Morgan fingerprint density at radius 2 is 2.21 bits per heavy atom. The number of thiophene rings is 1. The van der Waals surface area contributed by atoms with Crippen LogP contribution in [0.3, 0.4) is 0 Å². The molecule has 4 heterocycles. The van der Waals surface area contributed by atoms with E-state index in [-0.39, 0.29) is 12.5 Å². The first kappa shape index (κ1) is 14.7. The van der Waals surface area contributed by atoms with Crippen LogP contribution < -0.4 is 5.32 Å². The van der Waals surface area contributed by atoms with Gasteiger partial charge in [-0.2, -0.15) is 0 Å². The number of urea groups is 1. The molecule has 24 heavy (non-hydrogen) atoms. The van der Waals surface area contributed by atoms with Gasteiger partial charge in [-0.25, -0.2) is 4.79 Å². The number of furan rings is 1. The number of hydrogen-bond acceptors (Lipinski definition) is 6. The maximum Gasteiger partial charge on any atom is 0.325 e. The van der Waals surface area contributed by atoms with Gasteiger partial charge in [-0.15, -0.1) is 11.3 Å². The number of rotatable bonds is 4. The first-order chi connectivity index (χ1) is 11.6. The van der Waals surface area contributed by atoms with E-state index in [9.17, 15) is 9.59 Å². The minimum Gasteiger partial charge on any atom is -0.466 e. The molecule has 8 heteroatoms. The second kappa shape index (κ2) is 5.34. The average molecular weight is 343 g/mol. The summed E-state index contributed by atoms with van der Waals surface area (Å²) in [6.45, 7) is 1.65. The molecule has 122 valence electrons. The third-order valence-electron chi connectivity index (χ3n) is 3.93. The molecule has 1 atom stereocenters. The first-order valence-corrected chi connectivity index (χ1v) is 8.13. The lowest BCUT2D eigenvalue weighted by atomic mass is 9.99. The summed E-state index contributed by atoms with van der Waals surface area (Å²) in [7, 11) is 0. The molecule has 0 aliphatic carbocycles. The van der Waals surface area contributed by atoms with Crippen LogP contribution in [0.4, 0.5) is 4.79 Å². The fourth-order valence-electron chi connectivity index (χ4n) is 2.65. The number of imide groups is 1. The number of aromatic nitrogens is 1. The summed E-state index contributed by atoms with van der Waals surface area (Å²) in [6.07, 6.45) is 1.47. The summed E-state index contributed by atoms with van der Waals surface area (Å²) >= 11 is 1.53. The number of nitrogens with one attached hydrogen (secondary N) is 1. The SMILES string of the molecule is CC1(c2ccco2)NC(=O)N(Cc2cc(-c3cccs3)on2)C1=O. The molecule has 4 rings (SSSR count). The van der Waals surface area contributed by atoms with Crippen molar-refractivity contribution in [2.75, 3.05) is 0 Å². The van der Waals surface area contributed by atoms with Crippen molar-refractivity contribution in [2.45, 2.75) is 19.0 Å². The van der Waals surface area contributed by atoms with Gasteiger partial charge >= 0.3 is 6.03 Å². The topological polar surface area (TPSA) is 88.6 Å². The summed E-state index contributed by atoms with van der Waals surface area (Å²) in [5, 5.41) is 8.56. The van der Waals surface area contributed by atoms with Crippen molar-refractivity contribution >= 4 is 23.3 Å². The van der Waals surface area contributed by atoms with Gasteiger partial charge in [0.15, 0.2) is 11.3 Å². The zero-order valence-corrected chi connectivity index (χ0v) is 13.5. The molecule has 1 aliphatic heterocycles. The predicted octanol–water partition coefficient (Wildman–Crippen LogP) is 2.96. The Labute approximate surface area is 140 Å². The highest BCUT2D eigenvalue weighted by molar-refractivity contribution is 7.13. The molecule has 0 spiro atoms. The monoisotopic (exact) mass is 343 g/mol. The molecule has 7 nitrogen and oxygen atoms in total. The fraction of sp³-hybridized carbons (Fsp3) is 0.188. The summed E-state index contributed by atoms with van der Waals surface area (Å²) in [5.74, 6) is 0.617. The van der Waals surface area contributed by atoms with Gasteiger partial charge in [0.2, 0.25) is 0 Å². The van der Waals surface area contributed by atoms with Gasteiger partial charge in [-0.1, -0.05) is 11.2 Å². The molecule has 0 saturated carbocycles. The lowest BCUT2D eigenvalue weighted by Crippen LogP contribution is -2.40. The largest absolute Gasteiger partial charge is 0.466 e. The molecular formula is C16H13N3O4S. The van der Waals surface area contributed by atoms with E-state index in [4.69, 9.17) is 8.94 Å². The number of hydrogen-bond donors (Lipinski definition) is 1. The van der Waals surface area contributed by atoms with Gasteiger partial charge in [0.05, 0.1) is 17.7 Å². The Balaban J connectivity index is 1.57. The number of amides is 3. The van der Waals surface area contributed by atoms with Crippen molar-refractivity contribution in [3.8, 4) is 10.6 Å². The van der Waals surface area contributed by atoms with E-state index in [1.807, 2.05) is 17.5 Å². The summed E-state index contributed by atoms with van der Waals surface area (Å²) in [6, 6.07) is 8.40.